The second-order valence-corrected chi connectivity index (χ2v) is 34.9. The summed E-state index contributed by atoms with van der Waals surface area (Å²) >= 11 is 0.633. The highest BCUT2D eigenvalue weighted by atomic mass is 32.2. The van der Waals surface area contributed by atoms with Crippen molar-refractivity contribution in [1.29, 1.82) is 0 Å². The molecule has 5 aromatic carbocycles. The summed E-state index contributed by atoms with van der Waals surface area (Å²) in [6, 6.07) is 6.89. The van der Waals surface area contributed by atoms with Crippen molar-refractivity contribution in [3.8, 4) is 5.75 Å². The smallest absolute Gasteiger partial charge is 0.305 e. The quantitative estimate of drug-likeness (QED) is 0.0325. The molecule has 43 heteroatoms. The molecule has 6 aromatic rings. The molecule has 0 unspecified atom stereocenters. The first-order valence-electron chi connectivity index (χ1n) is 44.2. The maximum absolute atomic E-state index is 15.7. The molecule has 0 radical (unpaired) electrons. The van der Waals surface area contributed by atoms with Gasteiger partial charge in [-0.1, -0.05) is 125 Å². The number of fused-ring (bicyclic) bond motifs is 3. The number of aromatic amines is 1. The number of aliphatic hydroxyl groups excluding tert-OH is 1. The number of ether oxygens (including phenoxy) is 1. The van der Waals surface area contributed by atoms with Gasteiger partial charge in [-0.15, -0.1) is 11.8 Å². The fourth-order valence-electron chi connectivity index (χ4n) is 16.1. The van der Waals surface area contributed by atoms with Gasteiger partial charge in [-0.2, -0.15) is 0 Å². The number of carboxylic acids is 2. The zero-order chi connectivity index (χ0) is 98.6. The van der Waals surface area contributed by atoms with E-state index in [9.17, 15) is 63.2 Å². The number of carboxylic acid groups (broad SMARTS) is 2. The van der Waals surface area contributed by atoms with Crippen molar-refractivity contribution >= 4 is 123 Å². The van der Waals surface area contributed by atoms with Crippen molar-refractivity contribution < 1.29 is 120 Å². The second-order valence-electron chi connectivity index (χ2n) is 33.8. The Bertz CT molecular complexity index is 5240. The molecule has 18 N–H and O–H groups in total. The van der Waals surface area contributed by atoms with Crippen LogP contribution < -0.4 is 59.3 Å². The standard InChI is InChI=1S/C92H116F3N17O22S/c1-7-8-25-69-91(132)111-33-34-134-47-73(111)87(128)105-66(43-77(119)120)84(125)107-79(50(2)3)92(133)109(5)70(39-51-18-11-9-12-19-51)85(126)102-63(30-31-76(117)118)89(130)112-46-57(114)42-71(112)86(127)104-65(41-55-44-98-61-23-16-15-22-58(55)61)83(124)103-64(37-53-26-28-56(113)29-27-53)82(123)101-62(24-17-32-96)81(122)106-68(80(121)99-45-74(97)115)48-135-49-75(116)100-67(38-54-35-59(93)78(95)60(94)36-54)88(129)110(6)72(90(131)108(69)4)40-52-20-13-10-14-21-52/h9-16,18-23,26-29,35-36,44,50,57,62-73,79,98,113-114H,7-8,17,24-25,30-34,37-43,45-49,96H2,1-6H3,(H2,97,115)(H,99,121)(H,100,116)(H,101,123)(H,102,126)(H,103,124)(H,104,127)(H,105,128)(H,106,122)(H,107,125)(H,117,118)(H,119,120)/t57-,62-,63-,64-,65-,66-,67-,68-,69-,70-,71+,72-,73+,79-/m0/s1. The van der Waals surface area contributed by atoms with Crippen LogP contribution in [0.3, 0.4) is 0 Å². The van der Waals surface area contributed by atoms with Crippen molar-refractivity contribution in [2.45, 2.75) is 195 Å². The number of likely N-dealkylation sites (N-methyl/N-ethyl adjacent to an activating group) is 3. The Morgan fingerprint density at radius 1 is 0.548 bits per heavy atom. The SMILES string of the molecule is CCCC[C@H]1C(=O)N2CCOC[C@@H]2C(=O)N[C@@H](CC(=O)O)C(=O)N[C@@H](C(C)C)C(=O)N(C)[C@@H](Cc2ccccc2)C(=O)N[C@@H](CCC(=O)O)C(=O)N2C[C@@H](O)C[C@@H]2C(=O)N[C@@H](Cc2c[nH]c3ccccc23)C(=O)N[C@@H](Cc2ccc(O)cc2)C(=O)N[C@@H](CCCN)C(=O)N[C@H](C(=O)NCC(N)=O)CSCC(=O)N[C@@H](Cc2cc(F)c(F)c(F)c2)C(=O)N(C)[C@@H](Cc2ccccc2)C(=O)N1C. The Kier molecular flexibility index (Phi) is 38.9. The van der Waals surface area contributed by atoms with Crippen molar-refractivity contribution in [3.05, 3.63) is 173 Å². The summed E-state index contributed by atoms with van der Waals surface area (Å²) in [4.78, 5) is 258. The minimum Gasteiger partial charge on any atom is -0.508 e. The fourth-order valence-corrected chi connectivity index (χ4v) is 17.0. The molecule has 728 valence electrons. The molecule has 4 heterocycles. The maximum atomic E-state index is 15.7. The molecule has 0 bridgehead atoms. The van der Waals surface area contributed by atoms with Crippen LogP contribution in [-0.2, 0) is 118 Å². The topological polar surface area (TPSA) is 573 Å². The van der Waals surface area contributed by atoms with Gasteiger partial charge in [0.2, 0.25) is 88.6 Å². The predicted octanol–water partition coefficient (Wildman–Crippen LogP) is -0.374. The Balaban J connectivity index is 1.14. The van der Waals surface area contributed by atoms with Crippen LogP contribution >= 0.6 is 11.8 Å². The van der Waals surface area contributed by atoms with Gasteiger partial charge in [0.15, 0.2) is 17.5 Å². The molecule has 0 saturated carbocycles. The van der Waals surface area contributed by atoms with Gasteiger partial charge in [-0.25, -0.2) is 13.2 Å². The number of H-pyrrole nitrogens is 1. The normalized spacial score (nSPS) is 24.0. The number of nitrogens with zero attached hydrogens (tertiary/aromatic N) is 5. The molecule has 0 aliphatic carbocycles. The highest BCUT2D eigenvalue weighted by Crippen LogP contribution is 2.28. The number of aromatic nitrogens is 1. The average Bonchev–Trinajstić information content (AvgIpc) is 1.54. The Morgan fingerprint density at radius 3 is 1.73 bits per heavy atom. The molecule has 39 nitrogen and oxygen atoms in total. The highest BCUT2D eigenvalue weighted by molar-refractivity contribution is 8.00. The molecule has 3 aliphatic rings. The molecule has 14 atom stereocenters. The summed E-state index contributed by atoms with van der Waals surface area (Å²) in [5.41, 5.74) is 13.2. The van der Waals surface area contributed by atoms with Gasteiger partial charge in [0.25, 0.3) is 0 Å². The number of para-hydroxylation sites is 1. The van der Waals surface area contributed by atoms with Crippen LogP contribution in [0, 0.1) is 23.4 Å². The zero-order valence-electron chi connectivity index (χ0n) is 75.4. The minimum atomic E-state index is -2.05. The summed E-state index contributed by atoms with van der Waals surface area (Å²) in [6.07, 6.45) is -5.11. The van der Waals surface area contributed by atoms with Crippen LogP contribution in [0.1, 0.15) is 106 Å². The Labute approximate surface area is 780 Å². The lowest BCUT2D eigenvalue weighted by Gasteiger charge is -2.40. The Hall–Kier alpha value is -13.6. The number of benzene rings is 5. The van der Waals surface area contributed by atoms with Gasteiger partial charge in [-0.3, -0.25) is 81.5 Å². The molecular formula is C92H116F3N17O22S. The second kappa shape index (κ2) is 50.0. The molecule has 135 heavy (non-hydrogen) atoms. The average molecular weight is 1900 g/mol. The number of carbonyl (C=O) groups is 17. The van der Waals surface area contributed by atoms with Crippen LogP contribution in [0.25, 0.3) is 10.9 Å². The van der Waals surface area contributed by atoms with Gasteiger partial charge >= 0.3 is 11.9 Å². The summed E-state index contributed by atoms with van der Waals surface area (Å²) < 4.78 is 50.8. The number of phenols is 1. The number of hydrogen-bond acceptors (Lipinski definition) is 22. The number of amides is 15. The van der Waals surface area contributed by atoms with Crippen LogP contribution in [0.5, 0.6) is 5.75 Å². The third kappa shape index (κ3) is 29.5. The van der Waals surface area contributed by atoms with Crippen LogP contribution in [0.2, 0.25) is 0 Å². The van der Waals surface area contributed by atoms with Gasteiger partial charge in [-0.05, 0) is 96.3 Å². The predicted molar refractivity (Wildman–Crippen MR) is 483 cm³/mol. The van der Waals surface area contributed by atoms with Crippen molar-refractivity contribution in [1.82, 2.24) is 77.3 Å². The molecule has 1 aromatic heterocycles. The number of hydrogen-bond donors (Lipinski definition) is 16. The third-order valence-electron chi connectivity index (χ3n) is 23.6. The monoisotopic (exact) mass is 1900 g/mol. The number of nitrogens with one attached hydrogen (secondary N) is 10. The lowest BCUT2D eigenvalue weighted by molar-refractivity contribution is -0.158. The van der Waals surface area contributed by atoms with E-state index in [-0.39, 0.29) is 76.0 Å². The molecule has 0 spiro atoms. The van der Waals surface area contributed by atoms with Gasteiger partial charge in [0.1, 0.15) is 84.3 Å². The van der Waals surface area contributed by atoms with Crippen LogP contribution in [0.4, 0.5) is 13.2 Å². The van der Waals surface area contributed by atoms with E-state index in [0.29, 0.717) is 63.5 Å². The van der Waals surface area contributed by atoms with Crippen molar-refractivity contribution in [2.24, 2.45) is 17.4 Å². The number of aromatic hydroxyl groups is 1. The lowest BCUT2D eigenvalue weighted by atomic mass is 9.98. The number of carbonyl (C=O) groups excluding carboxylic acids is 15. The van der Waals surface area contributed by atoms with Crippen molar-refractivity contribution in [3.63, 3.8) is 0 Å². The number of rotatable bonds is 25. The number of halogens is 3. The van der Waals surface area contributed by atoms with Gasteiger partial charge in [0, 0.05) is 102 Å². The van der Waals surface area contributed by atoms with E-state index in [1.165, 1.54) is 59.3 Å². The number of aliphatic hydroxyl groups is 1. The van der Waals surface area contributed by atoms with E-state index < -0.39 is 278 Å². The number of morpholine rings is 1. The molecule has 15 amide bonds. The first kappa shape index (κ1) is 105. The molecule has 9 rings (SSSR count). The van der Waals surface area contributed by atoms with E-state index in [0.717, 1.165) is 24.5 Å². The van der Waals surface area contributed by atoms with E-state index in [1.807, 2.05) is 0 Å². The highest BCUT2D eigenvalue weighted by Gasteiger charge is 2.47. The molecule has 3 saturated heterocycles. The van der Waals surface area contributed by atoms with E-state index >= 15 is 51.9 Å². The number of primary amides is 1. The fraction of sp³-hybridized carbons (Fsp3) is 0.467. The zero-order valence-corrected chi connectivity index (χ0v) is 76.2. The number of unbranched alkanes of at least 4 members (excludes halogenated alkanes) is 1. The molecule has 3 aliphatic heterocycles. The third-order valence-corrected chi connectivity index (χ3v) is 24.6. The number of phenolic OH excluding ortho intramolecular Hbond substituents is 1. The largest absolute Gasteiger partial charge is 0.508 e. The summed E-state index contributed by atoms with van der Waals surface area (Å²) in [5, 5.41) is 65.8. The first-order valence-corrected chi connectivity index (χ1v) is 45.3. The van der Waals surface area contributed by atoms with Gasteiger partial charge < -0.3 is 114 Å². The Morgan fingerprint density at radius 2 is 1.10 bits per heavy atom. The van der Waals surface area contributed by atoms with Crippen LogP contribution in [0.15, 0.2) is 128 Å². The van der Waals surface area contributed by atoms with E-state index in [2.05, 4.69) is 52.8 Å². The van der Waals surface area contributed by atoms with E-state index in [1.54, 1.807) is 98.0 Å². The molecular weight excluding hydrogens is 1780 g/mol. The summed E-state index contributed by atoms with van der Waals surface area (Å²) in [6.45, 7) is 2.11. The van der Waals surface area contributed by atoms with E-state index in [4.69, 9.17) is 16.2 Å². The summed E-state index contributed by atoms with van der Waals surface area (Å²) in [7, 11) is 3.60. The number of thioether (sulfide) groups is 1. The molecule has 3 fully saturated rings. The number of nitrogens with two attached hydrogens (primary N) is 2. The van der Waals surface area contributed by atoms with Gasteiger partial charge in [0.05, 0.1) is 38.0 Å². The minimum absolute atomic E-state index is 0.00435. The van der Waals surface area contributed by atoms with Crippen molar-refractivity contribution in [2.75, 3.05) is 72.0 Å². The summed E-state index contributed by atoms with van der Waals surface area (Å²) in [5.74, 6) is -26.9. The lowest BCUT2D eigenvalue weighted by Crippen LogP contribution is -2.64. The van der Waals surface area contributed by atoms with Crippen LogP contribution in [-0.4, -0.2) is 307 Å². The maximum Gasteiger partial charge on any atom is 0.305 e. The first-order chi connectivity index (χ1) is 64.2. The number of aliphatic carboxylic acids is 2.